The largest absolute Gasteiger partial charge is 0.451 e. The number of hydrogen-bond donors (Lipinski definition) is 2. The standard InChI is InChI=1S/C19H14N4O5/c24-13-10-15(28-14-6-2-1-4-11(13)14)17(25)21-8-9-23-18(26)12-5-3-7-20-16(12)22-19(23)27/h1-7,10H,8-9H2,(H,21,25)(H,20,22,27). The van der Waals surface area contributed by atoms with Gasteiger partial charge in [-0.3, -0.25) is 23.9 Å². The number of nitrogens with one attached hydrogen (secondary N) is 2. The third kappa shape index (κ3) is 3.09. The lowest BCUT2D eigenvalue weighted by Gasteiger charge is -2.08. The molecule has 28 heavy (non-hydrogen) atoms. The fourth-order valence-corrected chi connectivity index (χ4v) is 2.87. The minimum atomic E-state index is -0.623. The normalized spacial score (nSPS) is 11.0. The molecule has 0 radical (unpaired) electrons. The number of pyridine rings is 1. The second kappa shape index (κ2) is 6.95. The molecule has 0 fully saturated rings. The van der Waals surface area contributed by atoms with Crippen LogP contribution in [-0.4, -0.2) is 27.0 Å². The average Bonchev–Trinajstić information content (AvgIpc) is 2.70. The molecular weight excluding hydrogens is 364 g/mol. The quantitative estimate of drug-likeness (QED) is 0.536. The number of aromatic amines is 1. The number of nitrogens with zero attached hydrogens (tertiary/aromatic N) is 2. The first kappa shape index (κ1) is 17.4. The lowest BCUT2D eigenvalue weighted by atomic mass is 10.2. The summed E-state index contributed by atoms with van der Waals surface area (Å²) in [5, 5.41) is 3.19. The van der Waals surface area contributed by atoms with Crippen molar-refractivity contribution in [2.45, 2.75) is 6.54 Å². The highest BCUT2D eigenvalue weighted by Crippen LogP contribution is 2.11. The molecule has 0 aliphatic carbocycles. The number of benzene rings is 1. The van der Waals surface area contributed by atoms with Gasteiger partial charge in [0.15, 0.2) is 11.2 Å². The number of fused-ring (bicyclic) bond motifs is 2. The second-order valence-electron chi connectivity index (χ2n) is 6.01. The van der Waals surface area contributed by atoms with Crippen molar-refractivity contribution < 1.29 is 9.21 Å². The van der Waals surface area contributed by atoms with Crippen LogP contribution < -0.4 is 22.0 Å². The number of hydrogen-bond acceptors (Lipinski definition) is 6. The van der Waals surface area contributed by atoms with Gasteiger partial charge in [-0.25, -0.2) is 9.78 Å². The molecule has 1 amide bonds. The fraction of sp³-hybridized carbons (Fsp3) is 0.105. The van der Waals surface area contributed by atoms with Crippen molar-refractivity contribution in [2.24, 2.45) is 0 Å². The maximum absolute atomic E-state index is 12.4. The van der Waals surface area contributed by atoms with Crippen LogP contribution in [0.25, 0.3) is 22.0 Å². The first-order valence-corrected chi connectivity index (χ1v) is 8.43. The Morgan fingerprint density at radius 3 is 2.75 bits per heavy atom. The summed E-state index contributed by atoms with van der Waals surface area (Å²) in [6.07, 6.45) is 1.47. The van der Waals surface area contributed by atoms with Gasteiger partial charge >= 0.3 is 5.69 Å². The van der Waals surface area contributed by atoms with Gasteiger partial charge in [0, 0.05) is 25.4 Å². The van der Waals surface area contributed by atoms with Gasteiger partial charge in [-0.05, 0) is 24.3 Å². The van der Waals surface area contributed by atoms with Crippen molar-refractivity contribution in [1.29, 1.82) is 0 Å². The molecule has 0 aliphatic heterocycles. The molecule has 4 aromatic rings. The molecule has 140 valence electrons. The molecule has 2 N–H and O–H groups in total. The van der Waals surface area contributed by atoms with Crippen LogP contribution in [0.2, 0.25) is 0 Å². The minimum Gasteiger partial charge on any atom is -0.451 e. The molecule has 0 unspecified atom stereocenters. The Balaban J connectivity index is 1.54. The van der Waals surface area contributed by atoms with Crippen molar-refractivity contribution in [3.63, 3.8) is 0 Å². The molecule has 0 aliphatic rings. The predicted molar refractivity (Wildman–Crippen MR) is 101 cm³/mol. The highest BCUT2D eigenvalue weighted by Gasteiger charge is 2.13. The van der Waals surface area contributed by atoms with E-state index >= 15 is 0 Å². The number of para-hydroxylation sites is 1. The number of carbonyl (C=O) groups excluding carboxylic acids is 1. The Hall–Kier alpha value is -4.01. The molecule has 0 saturated heterocycles. The molecule has 0 atom stereocenters. The number of rotatable bonds is 4. The second-order valence-corrected chi connectivity index (χ2v) is 6.01. The molecule has 3 heterocycles. The topological polar surface area (TPSA) is 127 Å². The van der Waals surface area contributed by atoms with Gasteiger partial charge < -0.3 is 9.73 Å². The van der Waals surface area contributed by atoms with Crippen molar-refractivity contribution in [1.82, 2.24) is 19.9 Å². The zero-order chi connectivity index (χ0) is 19.7. The molecule has 0 saturated carbocycles. The molecular formula is C19H14N4O5. The van der Waals surface area contributed by atoms with Crippen LogP contribution in [0.15, 0.2) is 67.5 Å². The Kier molecular flexibility index (Phi) is 4.32. The Morgan fingerprint density at radius 1 is 1.11 bits per heavy atom. The molecule has 0 bridgehead atoms. The van der Waals surface area contributed by atoms with Crippen molar-refractivity contribution in [3.8, 4) is 0 Å². The lowest BCUT2D eigenvalue weighted by molar-refractivity contribution is 0.0925. The van der Waals surface area contributed by atoms with Crippen LogP contribution in [0.4, 0.5) is 0 Å². The summed E-state index contributed by atoms with van der Waals surface area (Å²) in [6, 6.07) is 10.9. The van der Waals surface area contributed by atoms with Crippen LogP contribution in [0.5, 0.6) is 0 Å². The summed E-state index contributed by atoms with van der Waals surface area (Å²) >= 11 is 0. The molecule has 1 aromatic carbocycles. The van der Waals surface area contributed by atoms with E-state index in [1.807, 2.05) is 0 Å². The maximum Gasteiger partial charge on any atom is 0.330 e. The van der Waals surface area contributed by atoms with Crippen LogP contribution in [-0.2, 0) is 6.54 Å². The summed E-state index contributed by atoms with van der Waals surface area (Å²) in [5.74, 6) is -0.762. The number of H-pyrrole nitrogens is 1. The third-order valence-electron chi connectivity index (χ3n) is 4.23. The maximum atomic E-state index is 12.4. The Bertz CT molecular complexity index is 1380. The smallest absolute Gasteiger partial charge is 0.330 e. The monoisotopic (exact) mass is 378 g/mol. The fourth-order valence-electron chi connectivity index (χ4n) is 2.87. The van der Waals surface area contributed by atoms with Crippen molar-refractivity contribution in [2.75, 3.05) is 6.54 Å². The Morgan fingerprint density at radius 2 is 1.89 bits per heavy atom. The van der Waals surface area contributed by atoms with Gasteiger partial charge in [0.25, 0.3) is 11.5 Å². The summed E-state index contributed by atoms with van der Waals surface area (Å²) in [5.41, 5.74) is -0.951. The average molecular weight is 378 g/mol. The van der Waals surface area contributed by atoms with Gasteiger partial charge in [0.1, 0.15) is 11.2 Å². The predicted octanol–water partition coefficient (Wildman–Crippen LogP) is 0.621. The van der Waals surface area contributed by atoms with E-state index < -0.39 is 17.2 Å². The van der Waals surface area contributed by atoms with Crippen molar-refractivity contribution >= 4 is 27.9 Å². The van der Waals surface area contributed by atoms with E-state index in [2.05, 4.69) is 15.3 Å². The van der Waals surface area contributed by atoms with E-state index in [4.69, 9.17) is 4.42 Å². The van der Waals surface area contributed by atoms with Gasteiger partial charge in [0.2, 0.25) is 0 Å². The van der Waals surface area contributed by atoms with Gasteiger partial charge in [-0.15, -0.1) is 0 Å². The van der Waals surface area contributed by atoms with Gasteiger partial charge in [-0.2, -0.15) is 0 Å². The summed E-state index contributed by atoms with van der Waals surface area (Å²) in [6.45, 7) is -0.0628. The van der Waals surface area contributed by atoms with Gasteiger partial charge in [0.05, 0.1) is 10.8 Å². The SMILES string of the molecule is O=C(NCCn1c(=O)[nH]c2ncccc2c1=O)c1cc(=O)c2ccccc2o1. The van der Waals surface area contributed by atoms with E-state index in [0.29, 0.717) is 11.0 Å². The zero-order valence-corrected chi connectivity index (χ0v) is 14.5. The van der Waals surface area contributed by atoms with E-state index in [0.717, 1.165) is 10.6 Å². The van der Waals surface area contributed by atoms with Gasteiger partial charge in [-0.1, -0.05) is 12.1 Å². The third-order valence-corrected chi connectivity index (χ3v) is 4.23. The highest BCUT2D eigenvalue weighted by atomic mass is 16.3. The number of amides is 1. The van der Waals surface area contributed by atoms with E-state index in [1.165, 1.54) is 6.20 Å². The lowest BCUT2D eigenvalue weighted by Crippen LogP contribution is -2.39. The number of carbonyl (C=O) groups is 1. The molecule has 9 nitrogen and oxygen atoms in total. The summed E-state index contributed by atoms with van der Waals surface area (Å²) < 4.78 is 6.43. The number of aromatic nitrogens is 3. The zero-order valence-electron chi connectivity index (χ0n) is 14.5. The molecule has 9 heteroatoms. The van der Waals surface area contributed by atoms with Crippen LogP contribution >= 0.6 is 0 Å². The van der Waals surface area contributed by atoms with Crippen LogP contribution in [0, 0.1) is 0 Å². The summed E-state index contributed by atoms with van der Waals surface area (Å²) in [7, 11) is 0. The molecule has 4 rings (SSSR count). The van der Waals surface area contributed by atoms with E-state index in [-0.39, 0.29) is 35.3 Å². The molecule has 0 spiro atoms. The van der Waals surface area contributed by atoms with Crippen LogP contribution in [0.3, 0.4) is 0 Å². The first-order valence-electron chi connectivity index (χ1n) is 8.43. The van der Waals surface area contributed by atoms with E-state index in [9.17, 15) is 19.2 Å². The van der Waals surface area contributed by atoms with Crippen LogP contribution in [0.1, 0.15) is 10.6 Å². The molecule has 3 aromatic heterocycles. The highest BCUT2D eigenvalue weighted by molar-refractivity contribution is 5.93. The minimum absolute atomic E-state index is 0.00980. The first-order chi connectivity index (χ1) is 13.5. The van der Waals surface area contributed by atoms with Crippen molar-refractivity contribution in [3.05, 3.63) is 85.5 Å². The Labute approximate surface area is 156 Å². The van der Waals surface area contributed by atoms with E-state index in [1.54, 1.807) is 36.4 Å². The summed E-state index contributed by atoms with van der Waals surface area (Å²) in [4.78, 5) is 55.3.